The van der Waals surface area contributed by atoms with Crippen LogP contribution in [0.15, 0.2) is 11.6 Å². The molecule has 2 unspecified atom stereocenters. The molecule has 0 amide bonds. The lowest BCUT2D eigenvalue weighted by Crippen LogP contribution is -2.73. The van der Waals surface area contributed by atoms with Crippen molar-refractivity contribution in [2.45, 2.75) is 111 Å². The van der Waals surface area contributed by atoms with E-state index in [1.807, 2.05) is 0 Å². The van der Waals surface area contributed by atoms with Gasteiger partial charge in [0.05, 0.1) is 5.41 Å². The molecule has 0 aromatic carbocycles. The van der Waals surface area contributed by atoms with E-state index in [1.165, 1.54) is 12.5 Å². The fourth-order valence-electron chi connectivity index (χ4n) is 10.7. The summed E-state index contributed by atoms with van der Waals surface area (Å²) in [6, 6.07) is 0. The van der Waals surface area contributed by atoms with Crippen LogP contribution >= 0.6 is 0 Å². The van der Waals surface area contributed by atoms with Gasteiger partial charge >= 0.3 is 11.9 Å². The molecule has 37 heavy (non-hydrogen) atoms. The van der Waals surface area contributed by atoms with Crippen LogP contribution in [-0.2, 0) is 9.59 Å². The molecule has 0 radical (unpaired) electrons. The minimum atomic E-state index is -2.71. The Morgan fingerprint density at radius 2 is 1.46 bits per heavy atom. The first-order valence-electron chi connectivity index (χ1n) is 14.1. The Hall–Kier alpha value is -1.44. The second-order valence-corrected chi connectivity index (χ2v) is 15.1. The van der Waals surface area contributed by atoms with Crippen LogP contribution in [0.2, 0.25) is 0 Å². The summed E-state index contributed by atoms with van der Waals surface area (Å²) in [5, 5.41) is 53.5. The smallest absolute Gasteiger partial charge is 0.315 e. The Kier molecular flexibility index (Phi) is 5.58. The Labute approximate surface area is 220 Å². The van der Waals surface area contributed by atoms with Gasteiger partial charge in [0, 0.05) is 0 Å². The highest BCUT2D eigenvalue weighted by Gasteiger charge is 2.75. The average molecular weight is 519 g/mol. The normalized spacial score (nSPS) is 52.0. The number of allylic oxidation sites excluding steroid dienone is 2. The molecule has 5 N–H and O–H groups in total. The van der Waals surface area contributed by atoms with Crippen molar-refractivity contribution in [2.75, 3.05) is 0 Å². The van der Waals surface area contributed by atoms with Crippen molar-refractivity contribution in [2.24, 2.45) is 50.2 Å². The second-order valence-electron chi connectivity index (χ2n) is 15.1. The summed E-state index contributed by atoms with van der Waals surface area (Å²) in [6.07, 6.45) is 6.67. The van der Waals surface area contributed by atoms with E-state index in [0.717, 1.165) is 25.7 Å². The predicted octanol–water partition coefficient (Wildman–Crippen LogP) is 4.59. The lowest BCUT2D eigenvalue weighted by Gasteiger charge is -2.71. The molecule has 0 aliphatic heterocycles. The third kappa shape index (κ3) is 3.05. The Morgan fingerprint density at radius 3 is 2.05 bits per heavy atom. The van der Waals surface area contributed by atoms with Gasteiger partial charge in [-0.15, -0.1) is 0 Å². The van der Waals surface area contributed by atoms with Crippen LogP contribution in [0.3, 0.4) is 0 Å². The van der Waals surface area contributed by atoms with Gasteiger partial charge in [-0.3, -0.25) is 9.59 Å². The largest absolute Gasteiger partial charge is 0.481 e. The molecule has 4 fully saturated rings. The summed E-state index contributed by atoms with van der Waals surface area (Å²) in [5.74, 6) is -5.17. The van der Waals surface area contributed by atoms with Crippen LogP contribution in [-0.4, -0.2) is 49.4 Å². The molecular formula is C30H46O7. The fourth-order valence-corrected chi connectivity index (χ4v) is 10.7. The maximum Gasteiger partial charge on any atom is 0.315 e. The minimum absolute atomic E-state index is 0.0143. The zero-order valence-corrected chi connectivity index (χ0v) is 23.3. The third-order valence-electron chi connectivity index (χ3n) is 13.3. The number of aliphatic carboxylic acids is 2. The van der Waals surface area contributed by atoms with Gasteiger partial charge < -0.3 is 25.5 Å². The van der Waals surface area contributed by atoms with Crippen molar-refractivity contribution in [3.8, 4) is 0 Å². The van der Waals surface area contributed by atoms with Gasteiger partial charge in [-0.1, -0.05) is 46.3 Å². The zero-order valence-electron chi connectivity index (χ0n) is 23.3. The summed E-state index contributed by atoms with van der Waals surface area (Å²) in [5.41, 5.74) is -2.34. The Morgan fingerprint density at radius 1 is 0.838 bits per heavy atom. The molecule has 7 heteroatoms. The topological polar surface area (TPSA) is 135 Å². The summed E-state index contributed by atoms with van der Waals surface area (Å²) in [4.78, 5) is 25.4. The first-order valence-corrected chi connectivity index (χ1v) is 14.1. The monoisotopic (exact) mass is 518 g/mol. The molecular weight excluding hydrogens is 472 g/mol. The van der Waals surface area contributed by atoms with E-state index in [4.69, 9.17) is 0 Å². The van der Waals surface area contributed by atoms with Gasteiger partial charge in [0.2, 0.25) is 5.79 Å². The number of hydrogen-bond donors (Lipinski definition) is 5. The van der Waals surface area contributed by atoms with E-state index in [-0.39, 0.29) is 34.5 Å². The Bertz CT molecular complexity index is 1060. The molecule has 5 aliphatic carbocycles. The first kappa shape index (κ1) is 27.1. The van der Waals surface area contributed by atoms with Gasteiger partial charge in [0.1, 0.15) is 11.5 Å². The molecule has 5 rings (SSSR count). The number of carboxylic acids is 2. The van der Waals surface area contributed by atoms with E-state index in [1.54, 1.807) is 0 Å². The molecule has 0 spiro atoms. The van der Waals surface area contributed by atoms with Crippen LogP contribution in [0.4, 0.5) is 0 Å². The maximum atomic E-state index is 12.8. The molecule has 9 atom stereocenters. The van der Waals surface area contributed by atoms with Crippen molar-refractivity contribution in [3.63, 3.8) is 0 Å². The number of carboxylic acid groups (broad SMARTS) is 2. The predicted molar refractivity (Wildman–Crippen MR) is 137 cm³/mol. The number of hydrogen-bond acceptors (Lipinski definition) is 5. The Balaban J connectivity index is 1.63. The van der Waals surface area contributed by atoms with Gasteiger partial charge in [0.25, 0.3) is 0 Å². The zero-order chi connectivity index (χ0) is 27.6. The molecule has 0 saturated heterocycles. The standard InChI is InChI=1S/C30H46O7/c1-24(2)11-13-29(23(34)35)14-12-26(4)17(18(29)15-24)7-8-19-25(3)16-21(31)30(36,37)28(6,22(32)33)20(25)9-10-27(19,26)5/h7,18-21,31,36-37H,8-16H2,1-6H3,(H,32,33)(H,34,35)/t18-,19+,20?,21+,25+,26+,27+,28?,29-/m0/s1. The van der Waals surface area contributed by atoms with Crippen molar-refractivity contribution in [3.05, 3.63) is 11.6 Å². The molecule has 208 valence electrons. The second kappa shape index (κ2) is 7.60. The number of aliphatic hydroxyl groups is 3. The summed E-state index contributed by atoms with van der Waals surface area (Å²) in [6.45, 7) is 12.5. The molecule has 5 aliphatic rings. The molecule has 0 aromatic heterocycles. The third-order valence-corrected chi connectivity index (χ3v) is 13.3. The van der Waals surface area contributed by atoms with Crippen LogP contribution in [0, 0.1) is 50.2 Å². The van der Waals surface area contributed by atoms with Crippen molar-refractivity contribution in [1.82, 2.24) is 0 Å². The molecule has 7 nitrogen and oxygen atoms in total. The van der Waals surface area contributed by atoms with Crippen molar-refractivity contribution >= 4 is 11.9 Å². The number of aliphatic hydroxyl groups excluding tert-OH is 1. The number of carbonyl (C=O) groups is 2. The van der Waals surface area contributed by atoms with Crippen molar-refractivity contribution < 1.29 is 35.1 Å². The van der Waals surface area contributed by atoms with Crippen LogP contribution in [0.5, 0.6) is 0 Å². The van der Waals surface area contributed by atoms with E-state index in [0.29, 0.717) is 25.7 Å². The highest BCUT2D eigenvalue weighted by Crippen LogP contribution is 2.76. The van der Waals surface area contributed by atoms with E-state index < -0.39 is 46.0 Å². The van der Waals surface area contributed by atoms with Crippen LogP contribution in [0.1, 0.15) is 99.3 Å². The minimum Gasteiger partial charge on any atom is -0.481 e. The fraction of sp³-hybridized carbons (Fsp3) is 0.867. The SMILES string of the molecule is CC1(C)CC[C@]2(C(=O)O)CC[C@]3(C)C(=CC[C@@H]4[C@@]5(C)C[C@@H](O)C(O)(O)C(C)(C(=O)O)C5CC[C@]43C)[C@@H]2C1. The van der Waals surface area contributed by atoms with Gasteiger partial charge in [0.15, 0.2) is 0 Å². The molecule has 4 saturated carbocycles. The first-order chi connectivity index (χ1) is 16.8. The molecule has 0 heterocycles. The van der Waals surface area contributed by atoms with Gasteiger partial charge in [-0.2, -0.15) is 0 Å². The molecule has 0 bridgehead atoms. The lowest BCUT2D eigenvalue weighted by atomic mass is 9.33. The van der Waals surface area contributed by atoms with Crippen molar-refractivity contribution in [1.29, 1.82) is 0 Å². The van der Waals surface area contributed by atoms with Gasteiger partial charge in [-0.05, 0) is 104 Å². The highest BCUT2D eigenvalue weighted by molar-refractivity contribution is 5.77. The molecule has 0 aromatic rings. The number of fused-ring (bicyclic) bond motifs is 7. The highest BCUT2D eigenvalue weighted by atomic mass is 16.5. The van der Waals surface area contributed by atoms with E-state index >= 15 is 0 Å². The summed E-state index contributed by atoms with van der Waals surface area (Å²) < 4.78 is 0. The van der Waals surface area contributed by atoms with Crippen LogP contribution < -0.4 is 0 Å². The lowest BCUT2D eigenvalue weighted by molar-refractivity contribution is -0.348. The summed E-state index contributed by atoms with van der Waals surface area (Å²) >= 11 is 0. The van der Waals surface area contributed by atoms with E-state index in [2.05, 4.69) is 40.7 Å². The maximum absolute atomic E-state index is 12.8. The number of rotatable bonds is 2. The van der Waals surface area contributed by atoms with Gasteiger partial charge in [-0.25, -0.2) is 0 Å². The quantitative estimate of drug-likeness (QED) is 0.266. The average Bonchev–Trinajstić information content (AvgIpc) is 2.77. The van der Waals surface area contributed by atoms with E-state index in [9.17, 15) is 35.1 Å². The van der Waals surface area contributed by atoms with Crippen LogP contribution in [0.25, 0.3) is 0 Å². The summed E-state index contributed by atoms with van der Waals surface area (Å²) in [7, 11) is 0.